The molecule has 4 heteroatoms. The van der Waals surface area contributed by atoms with E-state index < -0.39 is 0 Å². The van der Waals surface area contributed by atoms with Gasteiger partial charge in [0, 0.05) is 14.3 Å². The van der Waals surface area contributed by atoms with E-state index in [0.29, 0.717) is 5.92 Å². The van der Waals surface area contributed by atoms with E-state index in [1.807, 2.05) is 18.2 Å². The molecule has 0 saturated carbocycles. The molecule has 0 aliphatic carbocycles. The molecule has 2 atom stereocenters. The molecule has 0 radical (unpaired) electrons. The second-order valence-electron chi connectivity index (χ2n) is 5.42. The van der Waals surface area contributed by atoms with Crippen molar-refractivity contribution in [3.63, 3.8) is 0 Å². The molecule has 0 amide bonds. The van der Waals surface area contributed by atoms with Crippen LogP contribution in [0.2, 0.25) is 0 Å². The van der Waals surface area contributed by atoms with Crippen molar-refractivity contribution in [3.05, 3.63) is 52.2 Å². The molecule has 1 aliphatic heterocycles. The molecule has 3 aromatic rings. The molecule has 3 heterocycles. The first-order chi connectivity index (χ1) is 10.3. The summed E-state index contributed by atoms with van der Waals surface area (Å²) >= 11 is 3.45. The third-order valence-electron chi connectivity index (χ3n) is 4.08. The largest absolute Gasteiger partial charge is 0.493 e. The number of aliphatic hydroxyl groups is 1. The van der Waals surface area contributed by atoms with Gasteiger partial charge in [-0.15, -0.1) is 22.7 Å². The lowest BCUT2D eigenvalue weighted by Crippen LogP contribution is -2.16. The van der Waals surface area contributed by atoms with Gasteiger partial charge in [0.25, 0.3) is 0 Å². The van der Waals surface area contributed by atoms with E-state index in [4.69, 9.17) is 4.74 Å². The number of benzene rings is 1. The molecule has 4 rings (SSSR count). The topological polar surface area (TPSA) is 29.5 Å². The Balaban J connectivity index is 1.57. The maximum Gasteiger partial charge on any atom is 0.122 e. The lowest BCUT2D eigenvalue weighted by atomic mass is 9.88. The van der Waals surface area contributed by atoms with E-state index in [0.717, 1.165) is 30.1 Å². The van der Waals surface area contributed by atoms with Crippen LogP contribution in [0.4, 0.5) is 0 Å². The Labute approximate surface area is 131 Å². The van der Waals surface area contributed by atoms with Gasteiger partial charge >= 0.3 is 0 Å². The highest BCUT2D eigenvalue weighted by atomic mass is 32.1. The van der Waals surface area contributed by atoms with Crippen LogP contribution in [-0.2, 0) is 0 Å². The normalized spacial score (nSPS) is 19.2. The maximum atomic E-state index is 10.6. The Morgan fingerprint density at radius 1 is 1.24 bits per heavy atom. The Hall–Kier alpha value is -1.36. The molecule has 108 valence electrons. The van der Waals surface area contributed by atoms with E-state index in [-0.39, 0.29) is 6.10 Å². The van der Waals surface area contributed by atoms with Gasteiger partial charge in [0.1, 0.15) is 5.75 Å². The van der Waals surface area contributed by atoms with E-state index in [1.54, 1.807) is 22.7 Å². The third kappa shape index (κ3) is 2.48. The Morgan fingerprint density at radius 2 is 2.14 bits per heavy atom. The summed E-state index contributed by atoms with van der Waals surface area (Å²) in [5, 5.41) is 12.7. The number of hydrogen-bond donors (Lipinski definition) is 1. The number of thiophene rings is 2. The Bertz CT molecular complexity index is 730. The van der Waals surface area contributed by atoms with Crippen LogP contribution in [0.15, 0.2) is 41.8 Å². The summed E-state index contributed by atoms with van der Waals surface area (Å²) in [5.74, 6) is 1.36. The maximum absolute atomic E-state index is 10.6. The third-order valence-corrected chi connectivity index (χ3v) is 6.27. The van der Waals surface area contributed by atoms with E-state index >= 15 is 0 Å². The Morgan fingerprint density at radius 3 is 3.05 bits per heavy atom. The number of hydrogen-bond acceptors (Lipinski definition) is 4. The number of fused-ring (bicyclic) bond motifs is 2. The first-order valence-electron chi connectivity index (χ1n) is 7.18. The van der Waals surface area contributed by atoms with Crippen molar-refractivity contribution < 1.29 is 9.84 Å². The van der Waals surface area contributed by atoms with Gasteiger partial charge in [0.05, 0.1) is 12.7 Å². The molecule has 0 fully saturated rings. The highest BCUT2D eigenvalue weighted by Gasteiger charge is 2.25. The molecule has 0 spiro atoms. The van der Waals surface area contributed by atoms with Crippen LogP contribution >= 0.6 is 22.7 Å². The van der Waals surface area contributed by atoms with Gasteiger partial charge in [0.15, 0.2) is 0 Å². The number of para-hydroxylation sites is 1. The molecular weight excluding hydrogens is 300 g/mol. The van der Waals surface area contributed by atoms with Crippen molar-refractivity contribution in [2.75, 3.05) is 6.61 Å². The number of ether oxygens (including phenoxy) is 1. The first kappa shape index (κ1) is 13.3. The fraction of sp³-hybridized carbons (Fsp3) is 0.294. The lowest BCUT2D eigenvalue weighted by Gasteiger charge is -2.27. The molecule has 0 bridgehead atoms. The average Bonchev–Trinajstić information content (AvgIpc) is 3.09. The predicted octanol–water partition coefficient (Wildman–Crippen LogP) is 4.95. The van der Waals surface area contributed by atoms with Crippen molar-refractivity contribution in [2.24, 2.45) is 0 Å². The lowest BCUT2D eigenvalue weighted by molar-refractivity contribution is 0.148. The molecule has 2 nitrogen and oxygen atoms in total. The molecule has 1 aliphatic rings. The summed E-state index contributed by atoms with van der Waals surface area (Å²) in [6.07, 6.45) is 1.37. The number of aliphatic hydroxyl groups excluding tert-OH is 1. The van der Waals surface area contributed by atoms with Crippen molar-refractivity contribution in [3.8, 4) is 5.75 Å². The predicted molar refractivity (Wildman–Crippen MR) is 88.6 cm³/mol. The fourth-order valence-corrected chi connectivity index (χ4v) is 5.11. The van der Waals surface area contributed by atoms with Crippen molar-refractivity contribution in [1.82, 2.24) is 0 Å². The zero-order chi connectivity index (χ0) is 14.2. The Kier molecular flexibility index (Phi) is 3.45. The summed E-state index contributed by atoms with van der Waals surface area (Å²) in [6, 6.07) is 12.5. The average molecular weight is 316 g/mol. The smallest absolute Gasteiger partial charge is 0.122 e. The van der Waals surface area contributed by atoms with Gasteiger partial charge in [-0.05, 0) is 47.9 Å². The van der Waals surface area contributed by atoms with Gasteiger partial charge in [-0.25, -0.2) is 0 Å². The summed E-state index contributed by atoms with van der Waals surface area (Å²) in [5.41, 5.74) is 1.24. The quantitative estimate of drug-likeness (QED) is 0.740. The summed E-state index contributed by atoms with van der Waals surface area (Å²) in [7, 11) is 0. The minimum Gasteiger partial charge on any atom is -0.493 e. The SMILES string of the molecule is OC(CC1CCOc2ccccc21)c1cc2sccc2s1. The van der Waals surface area contributed by atoms with Gasteiger partial charge in [0.2, 0.25) is 0 Å². The first-order valence-corrected chi connectivity index (χ1v) is 8.87. The number of rotatable bonds is 3. The summed E-state index contributed by atoms with van der Waals surface area (Å²) in [6.45, 7) is 0.744. The van der Waals surface area contributed by atoms with Crippen LogP contribution in [0.25, 0.3) is 9.40 Å². The highest BCUT2D eigenvalue weighted by molar-refractivity contribution is 7.26. The second kappa shape index (κ2) is 5.44. The molecule has 1 N–H and O–H groups in total. The monoisotopic (exact) mass is 316 g/mol. The second-order valence-corrected chi connectivity index (χ2v) is 7.48. The minimum atomic E-state index is -0.384. The molecule has 1 aromatic carbocycles. The highest BCUT2D eigenvalue weighted by Crippen LogP contribution is 2.41. The van der Waals surface area contributed by atoms with Crippen LogP contribution < -0.4 is 4.74 Å². The van der Waals surface area contributed by atoms with Gasteiger partial charge in [-0.2, -0.15) is 0 Å². The molecular formula is C17H16O2S2. The van der Waals surface area contributed by atoms with Crippen LogP contribution in [-0.4, -0.2) is 11.7 Å². The van der Waals surface area contributed by atoms with Crippen LogP contribution in [0.5, 0.6) is 5.75 Å². The zero-order valence-electron chi connectivity index (χ0n) is 11.5. The molecule has 2 aromatic heterocycles. The van der Waals surface area contributed by atoms with Crippen molar-refractivity contribution >= 4 is 32.1 Å². The summed E-state index contributed by atoms with van der Waals surface area (Å²) < 4.78 is 8.26. The van der Waals surface area contributed by atoms with Crippen LogP contribution in [0, 0.1) is 0 Å². The zero-order valence-corrected chi connectivity index (χ0v) is 13.1. The molecule has 2 unspecified atom stereocenters. The molecule has 21 heavy (non-hydrogen) atoms. The summed E-state index contributed by atoms with van der Waals surface area (Å²) in [4.78, 5) is 1.08. The standard InChI is InChI=1S/C17H16O2S2/c18-13(16-10-17-15(21-16)6-8-20-17)9-11-5-7-19-14-4-2-1-3-12(11)14/h1-4,6,8,10-11,13,18H,5,7,9H2. The van der Waals surface area contributed by atoms with Crippen LogP contribution in [0.1, 0.15) is 35.3 Å². The molecule has 0 saturated heterocycles. The van der Waals surface area contributed by atoms with Crippen LogP contribution in [0.3, 0.4) is 0 Å². The van der Waals surface area contributed by atoms with E-state index in [9.17, 15) is 5.11 Å². The van der Waals surface area contributed by atoms with Gasteiger partial charge < -0.3 is 9.84 Å². The van der Waals surface area contributed by atoms with Crippen molar-refractivity contribution in [2.45, 2.75) is 24.9 Å². The van der Waals surface area contributed by atoms with Crippen molar-refractivity contribution in [1.29, 1.82) is 0 Å². The fourth-order valence-electron chi connectivity index (χ4n) is 3.00. The van der Waals surface area contributed by atoms with Gasteiger partial charge in [-0.3, -0.25) is 0 Å². The van der Waals surface area contributed by atoms with E-state index in [1.165, 1.54) is 15.0 Å². The minimum absolute atomic E-state index is 0.380. The van der Waals surface area contributed by atoms with E-state index in [2.05, 4.69) is 23.6 Å². The van der Waals surface area contributed by atoms with Gasteiger partial charge in [-0.1, -0.05) is 18.2 Å².